The van der Waals surface area contributed by atoms with Gasteiger partial charge < -0.3 is 9.42 Å². The van der Waals surface area contributed by atoms with Crippen LogP contribution < -0.4 is 0 Å². The molecule has 5 nitrogen and oxygen atoms in total. The zero-order valence-corrected chi connectivity index (χ0v) is 13.8. The number of rotatable bonds is 4. The fourth-order valence-corrected chi connectivity index (χ4v) is 3.13. The molecule has 1 fully saturated rings. The van der Waals surface area contributed by atoms with Crippen LogP contribution in [-0.4, -0.2) is 33.5 Å². The van der Waals surface area contributed by atoms with E-state index in [4.69, 9.17) is 4.52 Å². The van der Waals surface area contributed by atoms with E-state index in [1.54, 1.807) is 0 Å². The third-order valence-electron chi connectivity index (χ3n) is 4.51. The van der Waals surface area contributed by atoms with Crippen molar-refractivity contribution in [3.63, 3.8) is 0 Å². The van der Waals surface area contributed by atoms with E-state index in [0.29, 0.717) is 29.6 Å². The van der Waals surface area contributed by atoms with Crippen molar-refractivity contribution in [2.75, 3.05) is 6.54 Å². The van der Waals surface area contributed by atoms with Crippen LogP contribution in [0.25, 0.3) is 22.4 Å². The van der Waals surface area contributed by atoms with Crippen LogP contribution in [-0.2, 0) is 0 Å². The average molecular weight is 321 g/mol. The van der Waals surface area contributed by atoms with E-state index in [-0.39, 0.29) is 5.91 Å². The molecule has 1 saturated carbocycles. The molecule has 2 aromatic heterocycles. The molecule has 0 unspecified atom stereocenters. The minimum absolute atomic E-state index is 0.0379. The Bertz CT molecular complexity index is 898. The van der Waals surface area contributed by atoms with Gasteiger partial charge in [0.15, 0.2) is 0 Å². The molecule has 1 aliphatic carbocycles. The van der Waals surface area contributed by atoms with Crippen LogP contribution in [0.2, 0.25) is 0 Å². The van der Waals surface area contributed by atoms with Crippen LogP contribution in [0.15, 0.2) is 40.9 Å². The lowest BCUT2D eigenvalue weighted by molar-refractivity contribution is 0.0754. The Morgan fingerprint density at radius 1 is 1.29 bits per heavy atom. The van der Waals surface area contributed by atoms with E-state index in [1.165, 1.54) is 0 Å². The molecule has 5 heteroatoms. The molecule has 122 valence electrons. The van der Waals surface area contributed by atoms with E-state index in [9.17, 15) is 4.79 Å². The van der Waals surface area contributed by atoms with Crippen molar-refractivity contribution in [1.82, 2.24) is 15.0 Å². The van der Waals surface area contributed by atoms with Crippen molar-refractivity contribution in [3.8, 4) is 11.3 Å². The number of hydrogen-bond donors (Lipinski definition) is 0. The van der Waals surface area contributed by atoms with Crippen molar-refractivity contribution in [1.29, 1.82) is 0 Å². The zero-order valence-electron chi connectivity index (χ0n) is 13.8. The lowest BCUT2D eigenvalue weighted by Gasteiger charge is -2.21. The molecule has 0 atom stereocenters. The fraction of sp³-hybridized carbons (Fsp3) is 0.316. The molecule has 1 amide bonds. The first kappa shape index (κ1) is 14.9. The molecule has 1 aliphatic rings. The minimum atomic E-state index is 0.0379. The number of benzene rings is 1. The zero-order chi connectivity index (χ0) is 16.7. The third-order valence-corrected chi connectivity index (χ3v) is 4.51. The maximum absolute atomic E-state index is 13.1. The van der Waals surface area contributed by atoms with Gasteiger partial charge in [0.2, 0.25) is 0 Å². The van der Waals surface area contributed by atoms with Crippen LogP contribution in [0.3, 0.4) is 0 Å². The predicted octanol–water partition coefficient (Wildman–Crippen LogP) is 3.82. The Kier molecular flexibility index (Phi) is 3.56. The third kappa shape index (κ3) is 2.46. The van der Waals surface area contributed by atoms with Crippen molar-refractivity contribution in [3.05, 3.63) is 47.7 Å². The van der Waals surface area contributed by atoms with Crippen LogP contribution in [0.5, 0.6) is 0 Å². The standard InChI is InChI=1S/C19H19N3O2/c1-3-22(14-9-10-14)19(23)15-11-16(13-7-5-4-6-8-13)20-18-17(15)12(2)21-24-18/h4-8,11,14H,3,9-10H2,1-2H3. The van der Waals surface area contributed by atoms with Crippen molar-refractivity contribution < 1.29 is 9.32 Å². The SMILES string of the molecule is CCN(C(=O)c1cc(-c2ccccc2)nc2onc(C)c12)C1CC1. The van der Waals surface area contributed by atoms with Gasteiger partial charge in [0.05, 0.1) is 22.3 Å². The van der Waals surface area contributed by atoms with E-state index in [0.717, 1.165) is 29.5 Å². The van der Waals surface area contributed by atoms with E-state index < -0.39 is 0 Å². The highest BCUT2D eigenvalue weighted by Gasteiger charge is 2.33. The highest BCUT2D eigenvalue weighted by Crippen LogP contribution is 2.32. The van der Waals surface area contributed by atoms with Gasteiger partial charge in [-0.05, 0) is 32.8 Å². The van der Waals surface area contributed by atoms with Gasteiger partial charge >= 0.3 is 0 Å². The normalized spacial score (nSPS) is 14.1. The molecule has 2 heterocycles. The number of aromatic nitrogens is 2. The summed E-state index contributed by atoms with van der Waals surface area (Å²) >= 11 is 0. The quantitative estimate of drug-likeness (QED) is 0.733. The van der Waals surface area contributed by atoms with Gasteiger partial charge in [-0.3, -0.25) is 4.79 Å². The van der Waals surface area contributed by atoms with Crippen molar-refractivity contribution in [2.45, 2.75) is 32.7 Å². The maximum Gasteiger partial charge on any atom is 0.259 e. The number of carbonyl (C=O) groups excluding carboxylic acids is 1. The molecule has 3 aromatic rings. The Labute approximate surface area is 140 Å². The van der Waals surface area contributed by atoms with E-state index >= 15 is 0 Å². The molecular formula is C19H19N3O2. The Morgan fingerprint density at radius 2 is 2.04 bits per heavy atom. The monoisotopic (exact) mass is 321 g/mol. The van der Waals surface area contributed by atoms with Gasteiger partial charge in [-0.2, -0.15) is 0 Å². The Morgan fingerprint density at radius 3 is 2.71 bits per heavy atom. The summed E-state index contributed by atoms with van der Waals surface area (Å²) in [7, 11) is 0. The Hall–Kier alpha value is -2.69. The lowest BCUT2D eigenvalue weighted by atomic mass is 10.0. The van der Waals surface area contributed by atoms with Crippen LogP contribution in [0.1, 0.15) is 35.8 Å². The summed E-state index contributed by atoms with van der Waals surface area (Å²) in [5, 5.41) is 4.73. The van der Waals surface area contributed by atoms with Crippen molar-refractivity contribution >= 4 is 17.0 Å². The molecule has 0 spiro atoms. The predicted molar refractivity (Wildman–Crippen MR) is 91.7 cm³/mol. The van der Waals surface area contributed by atoms with Gasteiger partial charge in [0.1, 0.15) is 0 Å². The topological polar surface area (TPSA) is 59.2 Å². The summed E-state index contributed by atoms with van der Waals surface area (Å²) in [5.74, 6) is 0.0379. The maximum atomic E-state index is 13.1. The van der Waals surface area contributed by atoms with Crippen LogP contribution in [0, 0.1) is 6.92 Å². The number of amides is 1. The van der Waals surface area contributed by atoms with E-state index in [2.05, 4.69) is 10.1 Å². The number of carbonyl (C=O) groups is 1. The van der Waals surface area contributed by atoms with Crippen LogP contribution in [0.4, 0.5) is 0 Å². The number of pyridine rings is 1. The summed E-state index contributed by atoms with van der Waals surface area (Å²) in [4.78, 5) is 19.6. The second-order valence-electron chi connectivity index (χ2n) is 6.19. The second-order valence-corrected chi connectivity index (χ2v) is 6.19. The summed E-state index contributed by atoms with van der Waals surface area (Å²) < 4.78 is 5.36. The Balaban J connectivity index is 1.89. The molecule has 4 rings (SSSR count). The highest BCUT2D eigenvalue weighted by molar-refractivity contribution is 6.07. The average Bonchev–Trinajstić information content (AvgIpc) is 3.38. The van der Waals surface area contributed by atoms with Gasteiger partial charge in [0.25, 0.3) is 11.6 Å². The van der Waals surface area contributed by atoms with Gasteiger partial charge in [0, 0.05) is 18.2 Å². The van der Waals surface area contributed by atoms with Gasteiger partial charge in [-0.15, -0.1) is 0 Å². The molecule has 1 aromatic carbocycles. The van der Waals surface area contributed by atoms with Crippen LogP contribution >= 0.6 is 0 Å². The lowest BCUT2D eigenvalue weighted by Crippen LogP contribution is -2.33. The number of nitrogens with zero attached hydrogens (tertiary/aromatic N) is 3. The molecule has 0 N–H and O–H groups in total. The molecular weight excluding hydrogens is 302 g/mol. The molecule has 24 heavy (non-hydrogen) atoms. The second kappa shape index (κ2) is 5.74. The van der Waals surface area contributed by atoms with E-state index in [1.807, 2.05) is 55.1 Å². The summed E-state index contributed by atoms with van der Waals surface area (Å²) in [6.07, 6.45) is 2.17. The smallest absolute Gasteiger partial charge is 0.259 e. The summed E-state index contributed by atoms with van der Waals surface area (Å²) in [5.41, 5.74) is 3.44. The minimum Gasteiger partial charge on any atom is -0.336 e. The molecule has 0 saturated heterocycles. The number of fused-ring (bicyclic) bond motifs is 1. The molecule has 0 bridgehead atoms. The number of aryl methyl sites for hydroxylation is 1. The van der Waals surface area contributed by atoms with Gasteiger partial charge in [-0.1, -0.05) is 35.5 Å². The highest BCUT2D eigenvalue weighted by atomic mass is 16.5. The van der Waals surface area contributed by atoms with Crippen molar-refractivity contribution in [2.24, 2.45) is 0 Å². The fourth-order valence-electron chi connectivity index (χ4n) is 3.13. The first-order valence-electron chi connectivity index (χ1n) is 8.32. The molecule has 0 radical (unpaired) electrons. The molecule has 0 aliphatic heterocycles. The number of hydrogen-bond acceptors (Lipinski definition) is 4. The first-order chi connectivity index (χ1) is 11.7. The summed E-state index contributed by atoms with van der Waals surface area (Å²) in [6, 6.07) is 12.1. The first-order valence-corrected chi connectivity index (χ1v) is 8.32. The van der Waals surface area contributed by atoms with Gasteiger partial charge in [-0.25, -0.2) is 4.98 Å². The largest absolute Gasteiger partial charge is 0.336 e. The summed E-state index contributed by atoms with van der Waals surface area (Å²) in [6.45, 7) is 4.57.